The number of nitrogens with one attached hydrogen (secondary N) is 1. The third kappa shape index (κ3) is 4.01. The largest absolute Gasteiger partial charge is 0.311 e. The molecule has 4 fully saturated rings. The molecule has 4 bridgehead atoms. The van der Waals surface area contributed by atoms with E-state index in [2.05, 4.69) is 38.0 Å². The van der Waals surface area contributed by atoms with Gasteiger partial charge < -0.3 is 10.2 Å². The van der Waals surface area contributed by atoms with Crippen molar-refractivity contribution < 1.29 is 0 Å². The Morgan fingerprint density at radius 1 is 0.952 bits per heavy atom. The normalized spacial score (nSPS) is 38.4. The van der Waals surface area contributed by atoms with Crippen molar-refractivity contribution in [2.24, 2.45) is 23.2 Å². The summed E-state index contributed by atoms with van der Waals surface area (Å²) >= 11 is 0. The summed E-state index contributed by atoms with van der Waals surface area (Å²) in [6.45, 7) is 10.4. The summed E-state index contributed by atoms with van der Waals surface area (Å²) in [4.78, 5) is 2.55. The van der Waals surface area contributed by atoms with Crippen molar-refractivity contribution in [1.82, 2.24) is 10.2 Å². The Morgan fingerprint density at radius 3 is 1.95 bits per heavy atom. The summed E-state index contributed by atoms with van der Waals surface area (Å²) in [6, 6.07) is 0. The topological polar surface area (TPSA) is 15.3 Å². The zero-order valence-electron chi connectivity index (χ0n) is 14.8. The minimum atomic E-state index is 0.251. The fourth-order valence-electron chi connectivity index (χ4n) is 5.76. The molecule has 2 nitrogen and oxygen atoms in total. The van der Waals surface area contributed by atoms with Gasteiger partial charge in [-0.25, -0.2) is 0 Å². The van der Waals surface area contributed by atoms with Crippen LogP contribution in [-0.2, 0) is 0 Å². The fourth-order valence-corrected chi connectivity index (χ4v) is 5.76. The van der Waals surface area contributed by atoms with Crippen LogP contribution in [0.1, 0.15) is 65.7 Å². The molecule has 4 saturated carbocycles. The summed E-state index contributed by atoms with van der Waals surface area (Å²) in [5, 5.41) is 3.60. The van der Waals surface area contributed by atoms with Gasteiger partial charge in [-0.05, 0) is 102 Å². The molecule has 122 valence electrons. The van der Waals surface area contributed by atoms with E-state index in [9.17, 15) is 0 Å². The molecular weight excluding hydrogens is 256 g/mol. The Hall–Kier alpha value is -0.0800. The van der Waals surface area contributed by atoms with Gasteiger partial charge in [0.1, 0.15) is 0 Å². The van der Waals surface area contributed by atoms with Gasteiger partial charge in [0.2, 0.25) is 0 Å². The van der Waals surface area contributed by atoms with Crippen molar-refractivity contribution in [3.8, 4) is 0 Å². The van der Waals surface area contributed by atoms with Gasteiger partial charge in [-0.1, -0.05) is 0 Å². The third-order valence-corrected chi connectivity index (χ3v) is 6.34. The molecule has 0 saturated heterocycles. The van der Waals surface area contributed by atoms with E-state index in [0.717, 1.165) is 29.7 Å². The van der Waals surface area contributed by atoms with Crippen LogP contribution < -0.4 is 5.32 Å². The second-order valence-corrected chi connectivity index (χ2v) is 9.65. The Morgan fingerprint density at radius 2 is 1.48 bits per heavy atom. The van der Waals surface area contributed by atoms with Gasteiger partial charge in [-0.2, -0.15) is 0 Å². The molecule has 0 atom stereocenters. The first-order chi connectivity index (χ1) is 9.84. The highest BCUT2D eigenvalue weighted by Crippen LogP contribution is 2.61. The van der Waals surface area contributed by atoms with E-state index in [-0.39, 0.29) is 5.54 Å². The van der Waals surface area contributed by atoms with Crippen molar-refractivity contribution in [2.45, 2.75) is 71.3 Å². The van der Waals surface area contributed by atoms with Crippen LogP contribution >= 0.6 is 0 Å². The average molecular weight is 293 g/mol. The van der Waals surface area contributed by atoms with Crippen molar-refractivity contribution in [3.63, 3.8) is 0 Å². The maximum absolute atomic E-state index is 3.60. The fraction of sp³-hybridized carbons (Fsp3) is 1.00. The molecule has 2 heteroatoms. The summed E-state index contributed by atoms with van der Waals surface area (Å²) in [5.74, 6) is 3.30. The Balaban J connectivity index is 1.42. The first-order valence-corrected chi connectivity index (χ1v) is 9.27. The lowest BCUT2D eigenvalue weighted by atomic mass is 9.49. The summed E-state index contributed by atoms with van der Waals surface area (Å²) in [6.07, 6.45) is 10.9. The smallest absolute Gasteiger partial charge is 0.0104 e. The minimum Gasteiger partial charge on any atom is -0.311 e. The van der Waals surface area contributed by atoms with E-state index in [4.69, 9.17) is 0 Å². The van der Waals surface area contributed by atoms with Crippen LogP contribution in [0.2, 0.25) is 0 Å². The summed E-state index contributed by atoms with van der Waals surface area (Å²) in [5.41, 5.74) is 1.00. The molecule has 0 radical (unpaired) electrons. The lowest BCUT2D eigenvalue weighted by Gasteiger charge is -2.57. The van der Waals surface area contributed by atoms with Gasteiger partial charge in [0.15, 0.2) is 0 Å². The van der Waals surface area contributed by atoms with Gasteiger partial charge in [0.25, 0.3) is 0 Å². The standard InChI is InChI=1S/C19H36N2/c1-18(2,3)20-6-8-21(4)7-5-19-12-15-9-16(13-19)11-17(10-15)14-19/h15-17,20H,5-14H2,1-4H3. The number of hydrogen-bond donors (Lipinski definition) is 1. The van der Waals surface area contributed by atoms with Crippen LogP contribution in [0.3, 0.4) is 0 Å². The van der Waals surface area contributed by atoms with Crippen LogP contribution in [0.25, 0.3) is 0 Å². The van der Waals surface area contributed by atoms with Gasteiger partial charge in [-0.3, -0.25) is 0 Å². The van der Waals surface area contributed by atoms with E-state index in [1.807, 2.05) is 0 Å². The van der Waals surface area contributed by atoms with Crippen molar-refractivity contribution in [3.05, 3.63) is 0 Å². The van der Waals surface area contributed by atoms with Gasteiger partial charge >= 0.3 is 0 Å². The molecule has 0 amide bonds. The lowest BCUT2D eigenvalue weighted by Crippen LogP contribution is -2.47. The first kappa shape index (κ1) is 15.8. The maximum atomic E-state index is 3.60. The van der Waals surface area contributed by atoms with E-state index in [0.29, 0.717) is 0 Å². The predicted molar refractivity (Wildman–Crippen MR) is 90.5 cm³/mol. The highest BCUT2D eigenvalue weighted by molar-refractivity contribution is 5.01. The van der Waals surface area contributed by atoms with E-state index < -0.39 is 0 Å². The summed E-state index contributed by atoms with van der Waals surface area (Å²) < 4.78 is 0. The zero-order chi connectivity index (χ0) is 15.1. The van der Waals surface area contributed by atoms with Crippen LogP contribution in [-0.4, -0.2) is 37.1 Å². The second kappa shape index (κ2) is 5.85. The Bertz CT molecular complexity index is 320. The minimum absolute atomic E-state index is 0.251. The van der Waals surface area contributed by atoms with Gasteiger partial charge in [-0.15, -0.1) is 0 Å². The number of hydrogen-bond acceptors (Lipinski definition) is 2. The SMILES string of the molecule is CN(CCNC(C)(C)C)CCC12CC3CC(CC(C3)C1)C2. The van der Waals surface area contributed by atoms with E-state index in [1.54, 1.807) is 38.5 Å². The Kier molecular flexibility index (Phi) is 4.40. The van der Waals surface area contributed by atoms with E-state index in [1.165, 1.54) is 19.5 Å². The highest BCUT2D eigenvalue weighted by Gasteiger charge is 2.50. The quantitative estimate of drug-likeness (QED) is 0.798. The number of nitrogens with zero attached hydrogens (tertiary/aromatic N) is 1. The number of rotatable bonds is 6. The molecule has 0 aromatic rings. The molecule has 0 heterocycles. The molecule has 4 rings (SSSR count). The summed E-state index contributed by atoms with van der Waals surface area (Å²) in [7, 11) is 2.31. The van der Waals surface area contributed by atoms with Gasteiger partial charge in [0.05, 0.1) is 0 Å². The molecule has 0 unspecified atom stereocenters. The van der Waals surface area contributed by atoms with Crippen LogP contribution in [0.15, 0.2) is 0 Å². The van der Waals surface area contributed by atoms with Gasteiger partial charge in [0, 0.05) is 18.6 Å². The van der Waals surface area contributed by atoms with Crippen LogP contribution in [0.5, 0.6) is 0 Å². The van der Waals surface area contributed by atoms with Crippen molar-refractivity contribution >= 4 is 0 Å². The maximum Gasteiger partial charge on any atom is 0.0104 e. The van der Waals surface area contributed by atoms with E-state index >= 15 is 0 Å². The van der Waals surface area contributed by atoms with Crippen LogP contribution in [0, 0.1) is 23.2 Å². The highest BCUT2D eigenvalue weighted by atomic mass is 15.1. The predicted octanol–water partition coefficient (Wildman–Crippen LogP) is 3.91. The first-order valence-electron chi connectivity index (χ1n) is 9.27. The molecule has 1 N–H and O–H groups in total. The Labute approximate surface area is 132 Å². The molecule has 0 aromatic heterocycles. The molecule has 0 aliphatic heterocycles. The molecule has 0 spiro atoms. The van der Waals surface area contributed by atoms with Crippen LogP contribution in [0.4, 0.5) is 0 Å². The van der Waals surface area contributed by atoms with Crippen molar-refractivity contribution in [2.75, 3.05) is 26.7 Å². The molecule has 4 aliphatic rings. The monoisotopic (exact) mass is 292 g/mol. The molecule has 0 aromatic carbocycles. The molecule has 4 aliphatic carbocycles. The van der Waals surface area contributed by atoms with Crippen molar-refractivity contribution in [1.29, 1.82) is 0 Å². The molecular formula is C19H36N2. The average Bonchev–Trinajstić information content (AvgIpc) is 2.33. The third-order valence-electron chi connectivity index (χ3n) is 6.34. The molecule has 21 heavy (non-hydrogen) atoms. The number of likely N-dealkylation sites (N-methyl/N-ethyl adjacent to an activating group) is 1. The lowest BCUT2D eigenvalue weighted by molar-refractivity contribution is -0.0602. The zero-order valence-corrected chi connectivity index (χ0v) is 14.8. The second-order valence-electron chi connectivity index (χ2n) is 9.65.